The zero-order valence-corrected chi connectivity index (χ0v) is 14.8. The number of aryl methyl sites for hydroxylation is 1. The van der Waals surface area contributed by atoms with Gasteiger partial charge in [-0.25, -0.2) is 0 Å². The summed E-state index contributed by atoms with van der Waals surface area (Å²) in [7, 11) is 1.60. The molecule has 136 valence electrons. The molecule has 1 amide bonds. The lowest BCUT2D eigenvalue weighted by molar-refractivity contribution is 0.0919. The van der Waals surface area contributed by atoms with Gasteiger partial charge in [-0.3, -0.25) is 9.48 Å². The van der Waals surface area contributed by atoms with Gasteiger partial charge in [-0.1, -0.05) is 6.07 Å². The van der Waals surface area contributed by atoms with Gasteiger partial charge in [0.05, 0.1) is 13.3 Å². The maximum atomic E-state index is 12.2. The van der Waals surface area contributed by atoms with Gasteiger partial charge < -0.3 is 19.2 Å². The van der Waals surface area contributed by atoms with Crippen molar-refractivity contribution < 1.29 is 18.7 Å². The Morgan fingerprint density at radius 1 is 1.27 bits per heavy atom. The Morgan fingerprint density at radius 3 is 2.88 bits per heavy atom. The van der Waals surface area contributed by atoms with Gasteiger partial charge in [0.15, 0.2) is 5.76 Å². The van der Waals surface area contributed by atoms with Crippen LogP contribution in [0.3, 0.4) is 0 Å². The Labute approximate surface area is 151 Å². The highest BCUT2D eigenvalue weighted by Crippen LogP contribution is 2.20. The van der Waals surface area contributed by atoms with Gasteiger partial charge in [0.25, 0.3) is 5.91 Å². The van der Waals surface area contributed by atoms with Gasteiger partial charge in [-0.2, -0.15) is 5.10 Å². The third-order valence-electron chi connectivity index (χ3n) is 3.77. The van der Waals surface area contributed by atoms with E-state index in [2.05, 4.69) is 10.4 Å². The summed E-state index contributed by atoms with van der Waals surface area (Å²) >= 11 is 0. The molecule has 26 heavy (non-hydrogen) atoms. The summed E-state index contributed by atoms with van der Waals surface area (Å²) < 4.78 is 18.2. The van der Waals surface area contributed by atoms with Crippen molar-refractivity contribution in [3.8, 4) is 11.5 Å². The van der Waals surface area contributed by atoms with Crippen molar-refractivity contribution in [1.29, 1.82) is 0 Å². The average Bonchev–Trinajstić information content (AvgIpc) is 3.34. The fourth-order valence-corrected chi connectivity index (χ4v) is 2.36. The van der Waals surface area contributed by atoms with Crippen LogP contribution < -0.4 is 14.8 Å². The third kappa shape index (κ3) is 4.44. The summed E-state index contributed by atoms with van der Waals surface area (Å²) in [6.07, 6.45) is 3.63. The van der Waals surface area contributed by atoms with Crippen LogP contribution in [-0.4, -0.2) is 22.8 Å². The molecule has 0 fully saturated rings. The number of benzene rings is 1. The Morgan fingerprint density at radius 2 is 2.12 bits per heavy atom. The number of furan rings is 1. The van der Waals surface area contributed by atoms with Crippen LogP contribution in [-0.2, 0) is 19.7 Å². The fourth-order valence-electron chi connectivity index (χ4n) is 2.36. The number of rotatable bonds is 8. The minimum absolute atomic E-state index is 0.226. The van der Waals surface area contributed by atoms with Crippen molar-refractivity contribution in [1.82, 2.24) is 15.1 Å². The molecule has 0 radical (unpaired) electrons. The second kappa shape index (κ2) is 8.24. The number of nitrogens with zero attached hydrogens (tertiary/aromatic N) is 2. The second-order valence-electron chi connectivity index (χ2n) is 5.62. The lowest BCUT2D eigenvalue weighted by Crippen LogP contribution is -2.22. The molecule has 0 atom stereocenters. The first-order chi connectivity index (χ1) is 12.7. The molecule has 0 aliphatic rings. The molecule has 0 bridgehead atoms. The molecule has 1 aromatic carbocycles. The zero-order chi connectivity index (χ0) is 18.4. The lowest BCUT2D eigenvalue weighted by Gasteiger charge is -2.06. The van der Waals surface area contributed by atoms with Crippen molar-refractivity contribution in [2.75, 3.05) is 7.11 Å². The van der Waals surface area contributed by atoms with E-state index in [0.717, 1.165) is 12.1 Å². The molecule has 0 spiro atoms. The van der Waals surface area contributed by atoms with E-state index in [1.807, 2.05) is 36.0 Å². The maximum Gasteiger partial charge on any atom is 0.287 e. The van der Waals surface area contributed by atoms with E-state index >= 15 is 0 Å². The quantitative estimate of drug-likeness (QED) is 0.672. The minimum Gasteiger partial charge on any atom is -0.497 e. The predicted molar refractivity (Wildman–Crippen MR) is 95.1 cm³/mol. The van der Waals surface area contributed by atoms with Gasteiger partial charge in [-0.15, -0.1) is 0 Å². The zero-order valence-electron chi connectivity index (χ0n) is 14.8. The largest absolute Gasteiger partial charge is 0.497 e. The Balaban J connectivity index is 1.52. The summed E-state index contributed by atoms with van der Waals surface area (Å²) in [5, 5.41) is 6.98. The smallest absolute Gasteiger partial charge is 0.287 e. The Hall–Kier alpha value is -3.22. The number of aromatic nitrogens is 2. The first-order valence-corrected chi connectivity index (χ1v) is 8.33. The lowest BCUT2D eigenvalue weighted by atomic mass is 10.3. The molecule has 7 heteroatoms. The van der Waals surface area contributed by atoms with Crippen LogP contribution in [0.4, 0.5) is 0 Å². The number of ether oxygens (including phenoxy) is 2. The summed E-state index contributed by atoms with van der Waals surface area (Å²) in [5.74, 6) is 1.92. The van der Waals surface area contributed by atoms with Crippen molar-refractivity contribution in [3.05, 3.63) is 65.9 Å². The van der Waals surface area contributed by atoms with Crippen LogP contribution in [0.1, 0.15) is 28.8 Å². The van der Waals surface area contributed by atoms with E-state index in [4.69, 9.17) is 13.9 Å². The van der Waals surface area contributed by atoms with Gasteiger partial charge in [0.2, 0.25) is 0 Å². The van der Waals surface area contributed by atoms with Crippen molar-refractivity contribution in [2.24, 2.45) is 0 Å². The topological polar surface area (TPSA) is 78.5 Å². The molecular formula is C19H21N3O4. The van der Waals surface area contributed by atoms with Gasteiger partial charge >= 0.3 is 0 Å². The predicted octanol–water partition coefficient (Wildman–Crippen LogP) is 3.01. The highest BCUT2D eigenvalue weighted by molar-refractivity contribution is 5.91. The van der Waals surface area contributed by atoms with Crippen LogP contribution in [0, 0.1) is 0 Å². The van der Waals surface area contributed by atoms with Crippen molar-refractivity contribution in [2.45, 2.75) is 26.6 Å². The SMILES string of the molecule is CCn1cc(CNC(=O)c2ccc(COc3cccc(OC)c3)o2)cn1. The molecular weight excluding hydrogens is 334 g/mol. The maximum absolute atomic E-state index is 12.2. The van der Waals surface area contributed by atoms with Crippen molar-refractivity contribution >= 4 is 5.91 Å². The molecule has 3 rings (SSSR count). The number of methoxy groups -OCH3 is 1. The third-order valence-corrected chi connectivity index (χ3v) is 3.77. The van der Waals surface area contributed by atoms with E-state index < -0.39 is 0 Å². The molecule has 1 N–H and O–H groups in total. The first-order valence-electron chi connectivity index (χ1n) is 8.33. The monoisotopic (exact) mass is 355 g/mol. The Kier molecular flexibility index (Phi) is 5.58. The average molecular weight is 355 g/mol. The minimum atomic E-state index is -0.276. The highest BCUT2D eigenvalue weighted by atomic mass is 16.5. The van der Waals surface area contributed by atoms with Gasteiger partial charge in [-0.05, 0) is 31.2 Å². The number of amides is 1. The van der Waals surface area contributed by atoms with Crippen LogP contribution in [0.25, 0.3) is 0 Å². The summed E-state index contributed by atoms with van der Waals surface area (Å²) in [6, 6.07) is 10.7. The molecule has 0 aliphatic heterocycles. The van der Waals surface area contributed by atoms with E-state index in [9.17, 15) is 4.79 Å². The number of carbonyl (C=O) groups is 1. The van der Waals surface area contributed by atoms with E-state index in [0.29, 0.717) is 23.8 Å². The summed E-state index contributed by atoms with van der Waals surface area (Å²) in [6.45, 7) is 3.43. The normalized spacial score (nSPS) is 10.5. The van der Waals surface area contributed by atoms with Gasteiger partial charge in [0.1, 0.15) is 23.9 Å². The molecule has 0 saturated carbocycles. The van der Waals surface area contributed by atoms with Crippen LogP contribution in [0.2, 0.25) is 0 Å². The molecule has 2 heterocycles. The molecule has 2 aromatic heterocycles. The van der Waals surface area contributed by atoms with Gasteiger partial charge in [0, 0.05) is 30.9 Å². The number of nitrogens with one attached hydrogen (secondary N) is 1. The molecule has 0 saturated heterocycles. The molecule has 3 aromatic rings. The highest BCUT2D eigenvalue weighted by Gasteiger charge is 2.12. The van der Waals surface area contributed by atoms with E-state index in [1.165, 1.54) is 0 Å². The summed E-state index contributed by atoms with van der Waals surface area (Å²) in [5.41, 5.74) is 0.938. The molecule has 0 unspecified atom stereocenters. The van der Waals surface area contributed by atoms with E-state index in [-0.39, 0.29) is 18.3 Å². The number of hydrogen-bond donors (Lipinski definition) is 1. The summed E-state index contributed by atoms with van der Waals surface area (Å²) in [4.78, 5) is 12.2. The number of carbonyl (C=O) groups excluding carboxylic acids is 1. The van der Waals surface area contributed by atoms with Crippen LogP contribution in [0.5, 0.6) is 11.5 Å². The van der Waals surface area contributed by atoms with Crippen LogP contribution in [0.15, 0.2) is 53.2 Å². The molecule has 7 nitrogen and oxygen atoms in total. The number of hydrogen-bond acceptors (Lipinski definition) is 5. The fraction of sp³-hybridized carbons (Fsp3) is 0.263. The van der Waals surface area contributed by atoms with E-state index in [1.54, 1.807) is 31.5 Å². The van der Waals surface area contributed by atoms with Crippen molar-refractivity contribution in [3.63, 3.8) is 0 Å². The standard InChI is InChI=1S/C19H21N3O4/c1-3-22-12-14(11-21-22)10-20-19(23)18-8-7-17(26-18)13-25-16-6-4-5-15(9-16)24-2/h4-9,11-12H,3,10,13H2,1-2H3,(H,20,23). The van der Waals surface area contributed by atoms with Crippen LogP contribution >= 0.6 is 0 Å². The second-order valence-corrected chi connectivity index (χ2v) is 5.62. The first kappa shape index (κ1) is 17.6. The Bertz CT molecular complexity index is 869. The molecule has 0 aliphatic carbocycles.